The van der Waals surface area contributed by atoms with E-state index in [1.807, 2.05) is 48.7 Å². The van der Waals surface area contributed by atoms with Gasteiger partial charge in [-0.15, -0.1) is 0 Å². The largest absolute Gasteiger partial charge is 0.488 e. The van der Waals surface area contributed by atoms with Gasteiger partial charge in [0.05, 0.1) is 24.6 Å². The minimum absolute atomic E-state index is 0.108. The Kier molecular flexibility index (Phi) is 6.32. The zero-order chi connectivity index (χ0) is 21.8. The summed E-state index contributed by atoms with van der Waals surface area (Å²) in [5.41, 5.74) is 3.78. The molecule has 4 aromatic rings. The lowest BCUT2D eigenvalue weighted by Crippen LogP contribution is -2.04. The summed E-state index contributed by atoms with van der Waals surface area (Å²) in [7, 11) is 0. The summed E-state index contributed by atoms with van der Waals surface area (Å²) in [6.45, 7) is -0.711. The Bertz CT molecular complexity index is 1150. The summed E-state index contributed by atoms with van der Waals surface area (Å²) in [6, 6.07) is 19.4. The maximum atomic E-state index is 13.8. The summed E-state index contributed by atoms with van der Waals surface area (Å²) in [4.78, 5) is 0. The zero-order valence-corrected chi connectivity index (χ0v) is 17.3. The first kappa shape index (κ1) is 21.1. The van der Waals surface area contributed by atoms with Crippen LogP contribution in [0.3, 0.4) is 0 Å². The summed E-state index contributed by atoms with van der Waals surface area (Å²) in [5.74, 6) is -0.278. The van der Waals surface area contributed by atoms with Gasteiger partial charge in [0, 0.05) is 33.5 Å². The van der Waals surface area contributed by atoms with Crippen LogP contribution in [0.2, 0.25) is 5.02 Å². The standard InChI is InChI=1S/C24H20ClFN2O3/c25-20-8-6-16(7-9-20)23-19(12-28(27-23)22-4-2-1-3-5-22)15-31-24-17(13-29)10-21(26)11-18(24)14-30/h1-12,29-30H,13-15H2. The average Bonchev–Trinajstić information content (AvgIpc) is 3.23. The van der Waals surface area contributed by atoms with Gasteiger partial charge in [0.15, 0.2) is 0 Å². The van der Waals surface area contributed by atoms with Crippen LogP contribution < -0.4 is 4.74 Å². The number of nitrogens with zero attached hydrogens (tertiary/aromatic N) is 2. The molecule has 0 fully saturated rings. The second kappa shape index (κ2) is 9.31. The molecular weight excluding hydrogens is 419 g/mol. The van der Waals surface area contributed by atoms with E-state index in [9.17, 15) is 14.6 Å². The van der Waals surface area contributed by atoms with Gasteiger partial charge in [-0.1, -0.05) is 41.9 Å². The van der Waals surface area contributed by atoms with Crippen molar-refractivity contribution in [1.82, 2.24) is 9.78 Å². The van der Waals surface area contributed by atoms with Crippen molar-refractivity contribution < 1.29 is 19.3 Å². The molecule has 7 heteroatoms. The van der Waals surface area contributed by atoms with Crippen LogP contribution in [-0.4, -0.2) is 20.0 Å². The van der Waals surface area contributed by atoms with E-state index in [1.165, 1.54) is 12.1 Å². The summed E-state index contributed by atoms with van der Waals surface area (Å²) < 4.78 is 21.5. The van der Waals surface area contributed by atoms with E-state index in [4.69, 9.17) is 21.4 Å². The van der Waals surface area contributed by atoms with Crippen molar-refractivity contribution in [3.63, 3.8) is 0 Å². The highest BCUT2D eigenvalue weighted by atomic mass is 35.5. The smallest absolute Gasteiger partial charge is 0.131 e. The molecule has 2 N–H and O–H groups in total. The number of aromatic nitrogens is 2. The Hall–Kier alpha value is -3.19. The van der Waals surface area contributed by atoms with Crippen LogP contribution in [0.15, 0.2) is 72.9 Å². The van der Waals surface area contributed by atoms with Crippen molar-refractivity contribution >= 4 is 11.6 Å². The molecule has 0 bridgehead atoms. The zero-order valence-electron chi connectivity index (χ0n) is 16.5. The SMILES string of the molecule is OCc1cc(F)cc(CO)c1OCc1cn(-c2ccccc2)nc1-c1ccc(Cl)cc1. The second-order valence-corrected chi connectivity index (χ2v) is 7.38. The van der Waals surface area contributed by atoms with Crippen LogP contribution >= 0.6 is 11.6 Å². The van der Waals surface area contributed by atoms with Crippen LogP contribution in [0, 0.1) is 5.82 Å². The summed E-state index contributed by atoms with van der Waals surface area (Å²) in [5, 5.41) is 24.6. The Balaban J connectivity index is 1.72. The molecule has 4 rings (SSSR count). The highest BCUT2D eigenvalue weighted by molar-refractivity contribution is 6.30. The van der Waals surface area contributed by atoms with Gasteiger partial charge in [0.1, 0.15) is 18.2 Å². The number of halogens is 2. The first-order valence-corrected chi connectivity index (χ1v) is 10.0. The van der Waals surface area contributed by atoms with Crippen molar-refractivity contribution in [3.05, 3.63) is 100 Å². The molecule has 0 aliphatic heterocycles. The van der Waals surface area contributed by atoms with E-state index in [2.05, 4.69) is 0 Å². The normalized spacial score (nSPS) is 11.0. The maximum absolute atomic E-state index is 13.8. The molecular formula is C24H20ClFN2O3. The van der Waals surface area contributed by atoms with E-state index >= 15 is 0 Å². The molecule has 1 heterocycles. The highest BCUT2D eigenvalue weighted by Gasteiger charge is 2.16. The molecule has 31 heavy (non-hydrogen) atoms. The van der Waals surface area contributed by atoms with E-state index in [-0.39, 0.29) is 23.5 Å². The molecule has 0 spiro atoms. The molecule has 0 radical (unpaired) electrons. The van der Waals surface area contributed by atoms with E-state index in [0.717, 1.165) is 16.8 Å². The molecule has 0 saturated carbocycles. The number of ether oxygens (including phenoxy) is 1. The fourth-order valence-corrected chi connectivity index (χ4v) is 3.49. The van der Waals surface area contributed by atoms with Gasteiger partial charge in [-0.05, 0) is 36.4 Å². The number of benzene rings is 3. The fourth-order valence-electron chi connectivity index (χ4n) is 3.36. The molecule has 0 saturated heterocycles. The maximum Gasteiger partial charge on any atom is 0.131 e. The van der Waals surface area contributed by atoms with Crippen LogP contribution in [-0.2, 0) is 19.8 Å². The van der Waals surface area contributed by atoms with Gasteiger partial charge in [-0.2, -0.15) is 5.10 Å². The Morgan fingerprint density at radius 1 is 0.903 bits per heavy atom. The number of hydrogen-bond acceptors (Lipinski definition) is 4. The molecule has 0 aliphatic rings. The van der Waals surface area contributed by atoms with Gasteiger partial charge >= 0.3 is 0 Å². The molecule has 0 amide bonds. The minimum atomic E-state index is -0.542. The fraction of sp³-hybridized carbons (Fsp3) is 0.125. The van der Waals surface area contributed by atoms with Crippen molar-refractivity contribution in [2.75, 3.05) is 0 Å². The quantitative estimate of drug-likeness (QED) is 0.431. The predicted octanol–water partition coefficient (Wildman–Crippen LogP) is 4.90. The van der Waals surface area contributed by atoms with Crippen LogP contribution in [0.1, 0.15) is 16.7 Å². The third kappa shape index (κ3) is 4.61. The molecule has 0 atom stereocenters. The molecule has 1 aromatic heterocycles. The molecule has 158 valence electrons. The van der Waals surface area contributed by atoms with Gasteiger partial charge < -0.3 is 14.9 Å². The lowest BCUT2D eigenvalue weighted by Gasteiger charge is -2.14. The van der Waals surface area contributed by atoms with Crippen molar-refractivity contribution in [2.45, 2.75) is 19.8 Å². The number of rotatable bonds is 7. The number of hydrogen-bond donors (Lipinski definition) is 2. The lowest BCUT2D eigenvalue weighted by molar-refractivity contribution is 0.241. The van der Waals surface area contributed by atoms with Crippen molar-refractivity contribution in [2.24, 2.45) is 0 Å². The number of aliphatic hydroxyl groups is 2. The van der Waals surface area contributed by atoms with Gasteiger partial charge in [0.2, 0.25) is 0 Å². The van der Waals surface area contributed by atoms with Gasteiger partial charge in [-0.3, -0.25) is 0 Å². The van der Waals surface area contributed by atoms with E-state index < -0.39 is 19.0 Å². The highest BCUT2D eigenvalue weighted by Crippen LogP contribution is 2.30. The number of para-hydroxylation sites is 1. The van der Waals surface area contributed by atoms with Crippen molar-refractivity contribution in [1.29, 1.82) is 0 Å². The summed E-state index contributed by atoms with van der Waals surface area (Å²) >= 11 is 6.03. The Morgan fingerprint density at radius 3 is 2.16 bits per heavy atom. The molecule has 5 nitrogen and oxygen atoms in total. The molecule has 0 aliphatic carbocycles. The van der Waals surface area contributed by atoms with Crippen LogP contribution in [0.5, 0.6) is 5.75 Å². The first-order valence-electron chi connectivity index (χ1n) is 9.64. The second-order valence-electron chi connectivity index (χ2n) is 6.95. The molecule has 3 aromatic carbocycles. The van der Waals surface area contributed by atoms with Crippen LogP contribution in [0.4, 0.5) is 4.39 Å². The lowest BCUT2D eigenvalue weighted by atomic mass is 10.1. The van der Waals surface area contributed by atoms with Crippen molar-refractivity contribution in [3.8, 4) is 22.7 Å². The van der Waals surface area contributed by atoms with E-state index in [0.29, 0.717) is 10.7 Å². The summed E-state index contributed by atoms with van der Waals surface area (Å²) in [6.07, 6.45) is 1.86. The van der Waals surface area contributed by atoms with Gasteiger partial charge in [-0.25, -0.2) is 9.07 Å². The van der Waals surface area contributed by atoms with Gasteiger partial charge in [0.25, 0.3) is 0 Å². The topological polar surface area (TPSA) is 67.5 Å². The third-order valence-corrected chi connectivity index (χ3v) is 5.10. The van der Waals surface area contributed by atoms with Crippen LogP contribution in [0.25, 0.3) is 16.9 Å². The Morgan fingerprint density at radius 2 is 1.55 bits per heavy atom. The average molecular weight is 439 g/mol. The first-order chi connectivity index (χ1) is 15.1. The van der Waals surface area contributed by atoms with E-state index in [1.54, 1.807) is 16.8 Å². The monoisotopic (exact) mass is 438 g/mol. The molecule has 0 unspecified atom stereocenters. The minimum Gasteiger partial charge on any atom is -0.488 e. The predicted molar refractivity (Wildman–Crippen MR) is 117 cm³/mol. The Labute approximate surface area is 183 Å². The third-order valence-electron chi connectivity index (χ3n) is 4.85. The number of aliphatic hydroxyl groups excluding tert-OH is 2.